The number of aryl methyl sites for hydroxylation is 1. The second-order valence-corrected chi connectivity index (χ2v) is 5.71. The fourth-order valence-corrected chi connectivity index (χ4v) is 2.75. The maximum absolute atomic E-state index is 5.90. The van der Waals surface area contributed by atoms with Crippen LogP contribution in [0, 0.1) is 6.92 Å². The molecule has 0 radical (unpaired) electrons. The molecule has 2 aromatic rings. The predicted molar refractivity (Wildman–Crippen MR) is 85.0 cm³/mol. The van der Waals surface area contributed by atoms with Crippen molar-refractivity contribution in [2.45, 2.75) is 32.4 Å². The number of para-hydroxylation sites is 1. The van der Waals surface area contributed by atoms with Crippen molar-refractivity contribution in [1.29, 1.82) is 0 Å². The van der Waals surface area contributed by atoms with Crippen molar-refractivity contribution in [3.8, 4) is 0 Å². The first kappa shape index (κ1) is 13.2. The highest BCUT2D eigenvalue weighted by atomic mass is 32.1. The van der Waals surface area contributed by atoms with Gasteiger partial charge >= 0.3 is 0 Å². The largest absolute Gasteiger partial charge is 0.467 e. The summed E-state index contributed by atoms with van der Waals surface area (Å²) in [6.45, 7) is 2.87. The molecule has 4 heteroatoms. The van der Waals surface area contributed by atoms with Gasteiger partial charge in [0, 0.05) is 11.6 Å². The number of thiocarbonyl (C=S) groups is 1. The third-order valence-electron chi connectivity index (χ3n) is 3.68. The van der Waals surface area contributed by atoms with E-state index >= 15 is 0 Å². The molecular weight excluding hydrogens is 268 g/mol. The van der Waals surface area contributed by atoms with Crippen molar-refractivity contribution in [2.24, 2.45) is 5.73 Å². The Morgan fingerprint density at radius 1 is 1.35 bits per heavy atom. The molecule has 0 saturated heterocycles. The summed E-state index contributed by atoms with van der Waals surface area (Å²) in [7, 11) is 0. The van der Waals surface area contributed by atoms with E-state index in [-0.39, 0.29) is 0 Å². The molecule has 1 heterocycles. The number of anilines is 1. The van der Waals surface area contributed by atoms with Gasteiger partial charge in [-0.3, -0.25) is 0 Å². The molecule has 0 aliphatic heterocycles. The summed E-state index contributed by atoms with van der Waals surface area (Å²) in [5.41, 5.74) is 9.21. The van der Waals surface area contributed by atoms with Gasteiger partial charge in [-0.05, 0) is 43.5 Å². The molecule has 0 unspecified atom stereocenters. The maximum Gasteiger partial charge on any atom is 0.123 e. The number of hydrogen-bond acceptors (Lipinski definition) is 3. The first-order valence-corrected chi connectivity index (χ1v) is 7.26. The smallest absolute Gasteiger partial charge is 0.123 e. The van der Waals surface area contributed by atoms with Crippen LogP contribution in [0.4, 0.5) is 5.69 Å². The van der Waals surface area contributed by atoms with E-state index in [2.05, 4.69) is 17.9 Å². The van der Waals surface area contributed by atoms with Crippen LogP contribution in [-0.2, 0) is 6.54 Å². The number of nitrogens with two attached hydrogens (primary N) is 1. The molecule has 1 aromatic carbocycles. The van der Waals surface area contributed by atoms with Crippen molar-refractivity contribution in [1.82, 2.24) is 0 Å². The lowest BCUT2D eigenvalue weighted by Gasteiger charge is -2.28. The van der Waals surface area contributed by atoms with Crippen LogP contribution in [0.3, 0.4) is 0 Å². The highest BCUT2D eigenvalue weighted by molar-refractivity contribution is 7.80. The van der Waals surface area contributed by atoms with Crippen LogP contribution in [0.2, 0.25) is 0 Å². The third-order valence-corrected chi connectivity index (χ3v) is 3.90. The zero-order valence-electron chi connectivity index (χ0n) is 11.5. The van der Waals surface area contributed by atoms with Gasteiger partial charge < -0.3 is 15.1 Å². The summed E-state index contributed by atoms with van der Waals surface area (Å²) in [5, 5.41) is 0. The maximum atomic E-state index is 5.90. The Kier molecular flexibility index (Phi) is 3.49. The number of hydrogen-bond donors (Lipinski definition) is 1. The first-order chi connectivity index (χ1) is 9.66. The Morgan fingerprint density at radius 3 is 2.75 bits per heavy atom. The minimum Gasteiger partial charge on any atom is -0.467 e. The molecule has 1 aliphatic carbocycles. The minimum absolute atomic E-state index is 0.453. The van der Waals surface area contributed by atoms with Gasteiger partial charge in [0.15, 0.2) is 0 Å². The van der Waals surface area contributed by atoms with Crippen molar-refractivity contribution < 1.29 is 4.42 Å². The van der Waals surface area contributed by atoms with E-state index in [1.807, 2.05) is 24.3 Å². The van der Waals surface area contributed by atoms with Crippen molar-refractivity contribution >= 4 is 22.9 Å². The minimum atomic E-state index is 0.453. The van der Waals surface area contributed by atoms with Crippen LogP contribution < -0.4 is 10.6 Å². The van der Waals surface area contributed by atoms with Crippen molar-refractivity contribution in [3.05, 3.63) is 53.5 Å². The third kappa shape index (κ3) is 2.56. The van der Waals surface area contributed by atoms with Gasteiger partial charge in [-0.2, -0.15) is 0 Å². The molecule has 1 aromatic heterocycles. The van der Waals surface area contributed by atoms with Gasteiger partial charge in [0.25, 0.3) is 0 Å². The molecule has 3 rings (SSSR count). The second kappa shape index (κ2) is 5.29. The Labute approximate surface area is 124 Å². The van der Waals surface area contributed by atoms with Gasteiger partial charge in [-0.25, -0.2) is 0 Å². The summed E-state index contributed by atoms with van der Waals surface area (Å²) in [5.74, 6) is 0.967. The number of rotatable bonds is 5. The SMILES string of the molecule is Cc1cccc(C(N)=S)c1N(Cc1ccco1)C1CC1. The molecule has 2 N–H and O–H groups in total. The van der Waals surface area contributed by atoms with Crippen LogP contribution in [0.15, 0.2) is 41.0 Å². The molecule has 0 atom stereocenters. The van der Waals surface area contributed by atoms with Gasteiger partial charge in [0.1, 0.15) is 10.7 Å². The molecule has 1 saturated carbocycles. The zero-order valence-corrected chi connectivity index (χ0v) is 12.3. The summed E-state index contributed by atoms with van der Waals surface area (Å²) < 4.78 is 5.50. The van der Waals surface area contributed by atoms with Crippen LogP contribution in [0.25, 0.3) is 0 Å². The summed E-state index contributed by atoms with van der Waals surface area (Å²) in [6, 6.07) is 10.6. The average molecular weight is 286 g/mol. The van der Waals surface area contributed by atoms with E-state index in [1.165, 1.54) is 18.4 Å². The van der Waals surface area contributed by atoms with Crippen LogP contribution in [0.1, 0.15) is 29.7 Å². The van der Waals surface area contributed by atoms with E-state index in [0.717, 1.165) is 23.6 Å². The first-order valence-electron chi connectivity index (χ1n) is 6.85. The van der Waals surface area contributed by atoms with E-state index in [0.29, 0.717) is 11.0 Å². The number of furan rings is 1. The number of nitrogens with zero attached hydrogens (tertiary/aromatic N) is 1. The zero-order chi connectivity index (χ0) is 14.1. The Hall–Kier alpha value is -1.81. The highest BCUT2D eigenvalue weighted by Gasteiger charge is 2.32. The molecule has 0 bridgehead atoms. The van der Waals surface area contributed by atoms with E-state index in [9.17, 15) is 0 Å². The van der Waals surface area contributed by atoms with Gasteiger partial charge in [0.05, 0.1) is 18.5 Å². The molecule has 1 aliphatic rings. The topological polar surface area (TPSA) is 42.4 Å². The van der Waals surface area contributed by atoms with Crippen molar-refractivity contribution in [2.75, 3.05) is 4.90 Å². The van der Waals surface area contributed by atoms with E-state index in [4.69, 9.17) is 22.4 Å². The van der Waals surface area contributed by atoms with Crippen LogP contribution in [-0.4, -0.2) is 11.0 Å². The fraction of sp³-hybridized carbons (Fsp3) is 0.312. The molecule has 0 amide bonds. The monoisotopic (exact) mass is 286 g/mol. The van der Waals surface area contributed by atoms with E-state index in [1.54, 1.807) is 6.26 Å². The van der Waals surface area contributed by atoms with Crippen LogP contribution in [0.5, 0.6) is 0 Å². The Bertz CT molecular complexity index is 617. The second-order valence-electron chi connectivity index (χ2n) is 5.27. The Morgan fingerprint density at radius 2 is 2.15 bits per heavy atom. The van der Waals surface area contributed by atoms with E-state index < -0.39 is 0 Å². The molecule has 20 heavy (non-hydrogen) atoms. The average Bonchev–Trinajstić information content (AvgIpc) is 3.13. The lowest BCUT2D eigenvalue weighted by atomic mass is 10.1. The van der Waals surface area contributed by atoms with Crippen LogP contribution >= 0.6 is 12.2 Å². The number of benzene rings is 1. The Balaban J connectivity index is 2.01. The normalized spacial score (nSPS) is 14.2. The lowest BCUT2D eigenvalue weighted by Crippen LogP contribution is -2.28. The highest BCUT2D eigenvalue weighted by Crippen LogP contribution is 2.37. The van der Waals surface area contributed by atoms with Crippen molar-refractivity contribution in [3.63, 3.8) is 0 Å². The predicted octanol–water partition coefficient (Wildman–Crippen LogP) is 3.39. The molecule has 1 fully saturated rings. The summed E-state index contributed by atoms with van der Waals surface area (Å²) in [4.78, 5) is 2.83. The fourth-order valence-electron chi connectivity index (χ4n) is 2.59. The summed E-state index contributed by atoms with van der Waals surface area (Å²) in [6.07, 6.45) is 4.14. The molecular formula is C16H18N2OS. The lowest BCUT2D eigenvalue weighted by molar-refractivity contribution is 0.501. The summed E-state index contributed by atoms with van der Waals surface area (Å²) >= 11 is 5.21. The van der Waals surface area contributed by atoms with Gasteiger partial charge in [0.2, 0.25) is 0 Å². The molecule has 104 valence electrons. The molecule has 0 spiro atoms. The van der Waals surface area contributed by atoms with Gasteiger partial charge in [-0.15, -0.1) is 0 Å². The molecule has 3 nitrogen and oxygen atoms in total. The van der Waals surface area contributed by atoms with Gasteiger partial charge in [-0.1, -0.05) is 24.4 Å². The quantitative estimate of drug-likeness (QED) is 0.856. The standard InChI is InChI=1S/C16H18N2OS/c1-11-4-2-6-14(16(17)20)15(11)18(12-7-8-12)10-13-5-3-9-19-13/h2-6,9,12H,7-8,10H2,1H3,(H2,17,20).